The molecule has 1 N–H and O–H groups in total. The molecule has 1 saturated carbocycles. The molecule has 3 nitrogen and oxygen atoms in total. The van der Waals surface area contributed by atoms with Gasteiger partial charge in [0.05, 0.1) is 5.69 Å². The van der Waals surface area contributed by atoms with Crippen LogP contribution in [0.15, 0.2) is 6.07 Å². The van der Waals surface area contributed by atoms with Crippen LogP contribution in [-0.2, 0) is 19.9 Å². The molecule has 2 rings (SSSR count). The quantitative estimate of drug-likeness (QED) is 0.869. The van der Waals surface area contributed by atoms with Gasteiger partial charge >= 0.3 is 0 Å². The number of hydrogen-bond acceptors (Lipinski definition) is 2. The second-order valence-electron chi connectivity index (χ2n) is 6.09. The van der Waals surface area contributed by atoms with E-state index in [-0.39, 0.29) is 0 Å². The van der Waals surface area contributed by atoms with Crippen LogP contribution < -0.4 is 5.32 Å². The average Bonchev–Trinajstić information content (AvgIpc) is 2.85. The summed E-state index contributed by atoms with van der Waals surface area (Å²) in [7, 11) is 2.08. The largest absolute Gasteiger partial charge is 0.314 e. The first-order chi connectivity index (χ1) is 8.56. The third kappa shape index (κ3) is 2.94. The van der Waals surface area contributed by atoms with Crippen molar-refractivity contribution in [3.63, 3.8) is 0 Å². The van der Waals surface area contributed by atoms with Crippen LogP contribution in [0.3, 0.4) is 0 Å². The molecular weight excluding hydrogens is 222 g/mol. The molecule has 0 spiro atoms. The molecular formula is C15H27N3. The van der Waals surface area contributed by atoms with E-state index in [9.17, 15) is 0 Å². The van der Waals surface area contributed by atoms with Gasteiger partial charge in [0, 0.05) is 18.8 Å². The second-order valence-corrected chi connectivity index (χ2v) is 6.09. The van der Waals surface area contributed by atoms with Gasteiger partial charge in [-0.3, -0.25) is 4.68 Å². The molecule has 3 heteroatoms. The Kier molecular flexibility index (Phi) is 4.10. The predicted octanol–water partition coefficient (Wildman–Crippen LogP) is 2.69. The number of nitrogens with zero attached hydrogens (tertiary/aromatic N) is 2. The van der Waals surface area contributed by atoms with E-state index in [4.69, 9.17) is 0 Å². The van der Waals surface area contributed by atoms with Crippen LogP contribution in [0.5, 0.6) is 0 Å². The average molecular weight is 249 g/mol. The van der Waals surface area contributed by atoms with E-state index in [1.54, 1.807) is 0 Å². The zero-order chi connectivity index (χ0) is 13.2. The van der Waals surface area contributed by atoms with Crippen LogP contribution >= 0.6 is 0 Å². The Labute approximate surface area is 111 Å². The number of nitrogens with one attached hydrogen (secondary N) is 1. The molecule has 102 valence electrons. The lowest BCUT2D eigenvalue weighted by Gasteiger charge is -2.24. The smallest absolute Gasteiger partial charge is 0.0624 e. The molecule has 18 heavy (non-hydrogen) atoms. The number of aromatic nitrogens is 2. The Morgan fingerprint density at radius 2 is 2.28 bits per heavy atom. The molecule has 2 unspecified atom stereocenters. The van der Waals surface area contributed by atoms with Crippen molar-refractivity contribution < 1.29 is 0 Å². The Bertz CT molecular complexity index is 396. The fourth-order valence-corrected chi connectivity index (χ4v) is 3.29. The number of rotatable bonds is 5. The summed E-state index contributed by atoms with van der Waals surface area (Å²) >= 11 is 0. The third-order valence-corrected chi connectivity index (χ3v) is 4.33. The van der Waals surface area contributed by atoms with Gasteiger partial charge in [0.1, 0.15) is 0 Å². The number of hydrogen-bond donors (Lipinski definition) is 1. The van der Waals surface area contributed by atoms with Crippen molar-refractivity contribution in [1.82, 2.24) is 15.1 Å². The van der Waals surface area contributed by atoms with Crippen molar-refractivity contribution >= 4 is 0 Å². The highest BCUT2D eigenvalue weighted by molar-refractivity contribution is 5.13. The molecule has 2 atom stereocenters. The lowest BCUT2D eigenvalue weighted by atomic mass is 9.83. The van der Waals surface area contributed by atoms with Crippen LogP contribution in [0, 0.1) is 5.41 Å². The summed E-state index contributed by atoms with van der Waals surface area (Å²) in [5.41, 5.74) is 3.06. The van der Waals surface area contributed by atoms with Crippen molar-refractivity contribution in [2.45, 2.75) is 58.9 Å². The topological polar surface area (TPSA) is 29.9 Å². The maximum absolute atomic E-state index is 4.56. The molecule has 0 radical (unpaired) electrons. The van der Waals surface area contributed by atoms with E-state index in [0.29, 0.717) is 5.41 Å². The highest BCUT2D eigenvalue weighted by Gasteiger charge is 2.35. The lowest BCUT2D eigenvalue weighted by molar-refractivity contribution is 0.315. The molecule has 1 aliphatic carbocycles. The predicted molar refractivity (Wildman–Crippen MR) is 75.7 cm³/mol. The molecule has 1 aromatic heterocycles. The zero-order valence-corrected chi connectivity index (χ0v) is 12.3. The first-order valence-electron chi connectivity index (χ1n) is 7.31. The summed E-state index contributed by atoms with van der Waals surface area (Å²) in [5.74, 6) is 0. The van der Waals surface area contributed by atoms with Crippen LogP contribution in [0.25, 0.3) is 0 Å². The molecule has 1 aromatic rings. The molecule has 0 aliphatic heterocycles. The van der Waals surface area contributed by atoms with E-state index >= 15 is 0 Å². The normalized spacial score (nSPS) is 27.9. The third-order valence-electron chi connectivity index (χ3n) is 4.33. The summed E-state index contributed by atoms with van der Waals surface area (Å²) in [6.07, 6.45) is 6.15. The van der Waals surface area contributed by atoms with E-state index < -0.39 is 0 Å². The molecule has 0 amide bonds. The Morgan fingerprint density at radius 3 is 2.89 bits per heavy atom. The van der Waals surface area contributed by atoms with Gasteiger partial charge in [0.15, 0.2) is 0 Å². The van der Waals surface area contributed by atoms with Gasteiger partial charge in [0.25, 0.3) is 0 Å². The van der Waals surface area contributed by atoms with Gasteiger partial charge in [0.2, 0.25) is 0 Å². The van der Waals surface area contributed by atoms with Crippen molar-refractivity contribution in [3.8, 4) is 0 Å². The van der Waals surface area contributed by atoms with Gasteiger partial charge in [-0.25, -0.2) is 0 Å². The highest BCUT2D eigenvalue weighted by Crippen LogP contribution is 2.40. The Hall–Kier alpha value is -0.830. The Morgan fingerprint density at radius 1 is 1.50 bits per heavy atom. The minimum absolute atomic E-state index is 0.450. The molecule has 0 bridgehead atoms. The second kappa shape index (κ2) is 5.43. The number of aryl methyl sites for hydroxylation is 2. The highest BCUT2D eigenvalue weighted by atomic mass is 15.3. The van der Waals surface area contributed by atoms with Crippen molar-refractivity contribution in [2.24, 2.45) is 12.5 Å². The fourth-order valence-electron chi connectivity index (χ4n) is 3.29. The maximum Gasteiger partial charge on any atom is 0.0624 e. The first-order valence-corrected chi connectivity index (χ1v) is 7.31. The lowest BCUT2D eigenvalue weighted by Crippen LogP contribution is -2.28. The summed E-state index contributed by atoms with van der Waals surface area (Å²) in [5, 5.41) is 8.15. The summed E-state index contributed by atoms with van der Waals surface area (Å²) in [4.78, 5) is 0. The molecule has 0 aromatic carbocycles. The Balaban J connectivity index is 2.02. The van der Waals surface area contributed by atoms with Gasteiger partial charge in [-0.1, -0.05) is 20.8 Å². The molecule has 1 heterocycles. The fraction of sp³-hybridized carbons (Fsp3) is 0.800. The summed E-state index contributed by atoms with van der Waals surface area (Å²) < 4.78 is 2.07. The van der Waals surface area contributed by atoms with E-state index in [0.717, 1.165) is 19.0 Å². The van der Waals surface area contributed by atoms with E-state index in [2.05, 4.69) is 49.0 Å². The van der Waals surface area contributed by atoms with Crippen LogP contribution in [-0.4, -0.2) is 22.4 Å². The summed E-state index contributed by atoms with van der Waals surface area (Å²) in [6, 6.07) is 3.00. The van der Waals surface area contributed by atoms with E-state index in [1.807, 2.05) is 0 Å². The first kappa shape index (κ1) is 13.6. The van der Waals surface area contributed by atoms with Crippen molar-refractivity contribution in [2.75, 3.05) is 6.54 Å². The van der Waals surface area contributed by atoms with Gasteiger partial charge in [-0.2, -0.15) is 5.10 Å². The van der Waals surface area contributed by atoms with Crippen LogP contribution in [0.1, 0.15) is 51.4 Å². The molecule has 0 saturated heterocycles. The molecule has 1 fully saturated rings. The zero-order valence-electron chi connectivity index (χ0n) is 12.3. The van der Waals surface area contributed by atoms with E-state index in [1.165, 1.54) is 37.1 Å². The van der Waals surface area contributed by atoms with Gasteiger partial charge in [-0.05, 0) is 50.1 Å². The van der Waals surface area contributed by atoms with Gasteiger partial charge in [-0.15, -0.1) is 0 Å². The van der Waals surface area contributed by atoms with Crippen molar-refractivity contribution in [1.29, 1.82) is 0 Å². The standard InChI is InChI=1S/C15H27N3/c1-5-12-9-14(18(4)17-12)11-15(3)8-7-13(10-15)16-6-2/h9,13,16H,5-8,10-11H2,1-4H3. The maximum atomic E-state index is 4.56. The monoisotopic (exact) mass is 249 g/mol. The van der Waals surface area contributed by atoms with Crippen LogP contribution in [0.2, 0.25) is 0 Å². The SMILES string of the molecule is CCNC1CCC(C)(Cc2cc(CC)nn2C)C1. The van der Waals surface area contributed by atoms with Gasteiger partial charge < -0.3 is 5.32 Å². The minimum atomic E-state index is 0.450. The minimum Gasteiger partial charge on any atom is -0.314 e. The molecule has 1 aliphatic rings. The van der Waals surface area contributed by atoms with Crippen molar-refractivity contribution in [3.05, 3.63) is 17.5 Å². The van der Waals surface area contributed by atoms with Crippen LogP contribution in [0.4, 0.5) is 0 Å². The summed E-state index contributed by atoms with van der Waals surface area (Å²) in [6.45, 7) is 7.89.